The molecule has 2 rings (SSSR count). The van der Waals surface area contributed by atoms with Crippen molar-refractivity contribution >= 4 is 34.9 Å². The summed E-state index contributed by atoms with van der Waals surface area (Å²) in [4.78, 5) is 21.7. The predicted octanol–water partition coefficient (Wildman–Crippen LogP) is 3.38. The molecule has 0 aliphatic heterocycles. The first-order valence-corrected chi connectivity index (χ1v) is 8.67. The van der Waals surface area contributed by atoms with Gasteiger partial charge in [-0.15, -0.1) is 0 Å². The van der Waals surface area contributed by atoms with E-state index in [1.807, 2.05) is 36.4 Å². The Morgan fingerprint density at radius 1 is 1.00 bits per heavy atom. The summed E-state index contributed by atoms with van der Waals surface area (Å²) in [5, 5.41) is 12.0. The average molecular weight is 380 g/mol. The molecule has 1 unspecified atom stereocenters. The maximum absolute atomic E-state index is 11.5. The molecule has 0 fully saturated rings. The first kappa shape index (κ1) is 19.4. The van der Waals surface area contributed by atoms with E-state index < -0.39 is 16.8 Å². The summed E-state index contributed by atoms with van der Waals surface area (Å²) in [6, 6.07) is 14.8. The van der Waals surface area contributed by atoms with Gasteiger partial charge in [-0.3, -0.25) is 9.59 Å². The second-order valence-corrected chi connectivity index (χ2v) is 6.82. The van der Waals surface area contributed by atoms with Crippen LogP contribution in [0.25, 0.3) is 11.1 Å². The lowest BCUT2D eigenvalue weighted by atomic mass is 9.99. The molecule has 0 aliphatic rings. The quantitative estimate of drug-likeness (QED) is 0.572. The molecule has 0 heterocycles. The van der Waals surface area contributed by atoms with Crippen LogP contribution in [0.15, 0.2) is 48.5 Å². The molecule has 0 bridgehead atoms. The van der Waals surface area contributed by atoms with Crippen molar-refractivity contribution in [2.45, 2.75) is 24.2 Å². The van der Waals surface area contributed by atoms with Crippen LogP contribution in [-0.2, 0) is 11.2 Å². The number of rotatable bonds is 7. The number of aliphatic hydroxyl groups is 1. The SMILES string of the molecule is CC(=O)c1ccc(-c2ccc(CC(CO)NC(=O)C(Cl)Cl)cc2)cc1. The molecule has 0 aliphatic carbocycles. The number of benzene rings is 2. The lowest BCUT2D eigenvalue weighted by Crippen LogP contribution is -2.41. The van der Waals surface area contributed by atoms with Crippen LogP contribution in [0.5, 0.6) is 0 Å². The van der Waals surface area contributed by atoms with Crippen LogP contribution in [0, 0.1) is 0 Å². The van der Waals surface area contributed by atoms with Gasteiger partial charge < -0.3 is 10.4 Å². The van der Waals surface area contributed by atoms with Gasteiger partial charge >= 0.3 is 0 Å². The molecule has 2 N–H and O–H groups in total. The Balaban J connectivity index is 2.05. The van der Waals surface area contributed by atoms with Gasteiger partial charge in [0.25, 0.3) is 5.91 Å². The Morgan fingerprint density at radius 2 is 1.52 bits per heavy atom. The van der Waals surface area contributed by atoms with Crippen molar-refractivity contribution in [3.05, 3.63) is 59.7 Å². The summed E-state index contributed by atoms with van der Waals surface area (Å²) in [6.45, 7) is 1.33. The monoisotopic (exact) mass is 379 g/mol. The summed E-state index contributed by atoms with van der Waals surface area (Å²) in [7, 11) is 0. The van der Waals surface area contributed by atoms with Crippen molar-refractivity contribution in [3.8, 4) is 11.1 Å². The van der Waals surface area contributed by atoms with Crippen LogP contribution >= 0.6 is 23.2 Å². The van der Waals surface area contributed by atoms with Crippen LogP contribution in [0.1, 0.15) is 22.8 Å². The number of hydrogen-bond acceptors (Lipinski definition) is 3. The highest BCUT2D eigenvalue weighted by molar-refractivity contribution is 6.53. The van der Waals surface area contributed by atoms with E-state index in [0.29, 0.717) is 12.0 Å². The molecule has 25 heavy (non-hydrogen) atoms. The van der Waals surface area contributed by atoms with Gasteiger partial charge in [-0.25, -0.2) is 0 Å². The second kappa shape index (κ2) is 8.99. The summed E-state index contributed by atoms with van der Waals surface area (Å²) in [5.41, 5.74) is 3.67. The molecule has 1 amide bonds. The summed E-state index contributed by atoms with van der Waals surface area (Å²) >= 11 is 11.0. The molecule has 1 atom stereocenters. The third-order valence-electron chi connectivity index (χ3n) is 3.83. The van der Waals surface area contributed by atoms with E-state index in [9.17, 15) is 14.7 Å². The topological polar surface area (TPSA) is 66.4 Å². The zero-order valence-electron chi connectivity index (χ0n) is 13.7. The van der Waals surface area contributed by atoms with Gasteiger partial charge in [0.2, 0.25) is 0 Å². The number of Topliss-reactive ketones (excluding diaryl/α,β-unsaturated/α-hetero) is 1. The van der Waals surface area contributed by atoms with Crippen molar-refractivity contribution in [1.29, 1.82) is 0 Å². The first-order chi connectivity index (χ1) is 11.9. The number of amides is 1. The summed E-state index contributed by atoms with van der Waals surface area (Å²) in [5.74, 6) is -0.486. The lowest BCUT2D eigenvalue weighted by molar-refractivity contribution is -0.120. The van der Waals surface area contributed by atoms with E-state index >= 15 is 0 Å². The highest BCUT2D eigenvalue weighted by Crippen LogP contribution is 2.21. The third-order valence-corrected chi connectivity index (χ3v) is 4.22. The third kappa shape index (κ3) is 5.56. The van der Waals surface area contributed by atoms with E-state index in [1.165, 1.54) is 6.92 Å². The van der Waals surface area contributed by atoms with E-state index in [0.717, 1.165) is 16.7 Å². The van der Waals surface area contributed by atoms with Crippen molar-refractivity contribution in [1.82, 2.24) is 5.32 Å². The standard InChI is InChI=1S/C19H19Cl2NO3/c1-12(24)14-6-8-16(9-7-14)15-4-2-13(3-5-15)10-17(11-23)22-19(25)18(20)21/h2-9,17-18,23H,10-11H2,1H3,(H,22,25). The normalized spacial score (nSPS) is 12.0. The van der Waals surface area contributed by atoms with Gasteiger partial charge in [0.15, 0.2) is 10.6 Å². The van der Waals surface area contributed by atoms with Crippen molar-refractivity contribution in [2.75, 3.05) is 6.61 Å². The number of halogens is 2. The first-order valence-electron chi connectivity index (χ1n) is 7.80. The summed E-state index contributed by atoms with van der Waals surface area (Å²) in [6.07, 6.45) is 0.465. The fourth-order valence-corrected chi connectivity index (χ4v) is 2.57. The average Bonchev–Trinajstić information content (AvgIpc) is 2.61. The van der Waals surface area contributed by atoms with E-state index in [2.05, 4.69) is 5.32 Å². The molecule has 2 aromatic rings. The molecule has 6 heteroatoms. The minimum absolute atomic E-state index is 0.0371. The lowest BCUT2D eigenvalue weighted by Gasteiger charge is -2.17. The number of ketones is 1. The Hall–Kier alpha value is -1.88. The fourth-order valence-electron chi connectivity index (χ4n) is 2.44. The van der Waals surface area contributed by atoms with Crippen molar-refractivity contribution in [3.63, 3.8) is 0 Å². The number of carbonyl (C=O) groups excluding carboxylic acids is 2. The van der Waals surface area contributed by atoms with Gasteiger partial charge in [0.05, 0.1) is 12.6 Å². The maximum Gasteiger partial charge on any atom is 0.253 e. The number of aliphatic hydroxyl groups excluding tert-OH is 1. The second-order valence-electron chi connectivity index (χ2n) is 5.72. The zero-order valence-corrected chi connectivity index (χ0v) is 15.2. The van der Waals surface area contributed by atoms with Crippen LogP contribution < -0.4 is 5.32 Å². The number of nitrogens with one attached hydrogen (secondary N) is 1. The van der Waals surface area contributed by atoms with E-state index in [1.54, 1.807) is 12.1 Å². The minimum Gasteiger partial charge on any atom is -0.394 e. The highest BCUT2D eigenvalue weighted by Gasteiger charge is 2.17. The van der Waals surface area contributed by atoms with Gasteiger partial charge in [0.1, 0.15) is 0 Å². The Bertz CT molecular complexity index is 727. The van der Waals surface area contributed by atoms with E-state index in [4.69, 9.17) is 23.2 Å². The van der Waals surface area contributed by atoms with Gasteiger partial charge in [-0.05, 0) is 30.0 Å². The highest BCUT2D eigenvalue weighted by atomic mass is 35.5. The zero-order chi connectivity index (χ0) is 18.4. The molecule has 0 saturated carbocycles. The van der Waals surface area contributed by atoms with Crippen molar-refractivity contribution < 1.29 is 14.7 Å². The molecular weight excluding hydrogens is 361 g/mol. The van der Waals surface area contributed by atoms with Crippen LogP contribution in [0.2, 0.25) is 0 Å². The Morgan fingerprint density at radius 3 is 1.96 bits per heavy atom. The Kier molecular flexibility index (Phi) is 7.00. The fraction of sp³-hybridized carbons (Fsp3) is 0.263. The van der Waals surface area contributed by atoms with E-state index in [-0.39, 0.29) is 12.4 Å². The number of hydrogen-bond donors (Lipinski definition) is 2. The predicted molar refractivity (Wildman–Crippen MR) is 100 cm³/mol. The molecular formula is C19H19Cl2NO3. The van der Waals surface area contributed by atoms with Gasteiger partial charge in [0, 0.05) is 5.56 Å². The largest absolute Gasteiger partial charge is 0.394 e. The number of alkyl halides is 2. The van der Waals surface area contributed by atoms with Gasteiger partial charge in [-0.1, -0.05) is 71.7 Å². The maximum atomic E-state index is 11.5. The Labute approximate surface area is 156 Å². The molecule has 0 radical (unpaired) electrons. The molecule has 0 spiro atoms. The van der Waals surface area contributed by atoms with Crippen LogP contribution in [-0.4, -0.2) is 34.3 Å². The number of carbonyl (C=O) groups is 2. The van der Waals surface area contributed by atoms with Crippen molar-refractivity contribution in [2.24, 2.45) is 0 Å². The molecule has 0 aromatic heterocycles. The molecule has 4 nitrogen and oxygen atoms in total. The molecule has 132 valence electrons. The molecule has 0 saturated heterocycles. The molecule has 2 aromatic carbocycles. The van der Waals surface area contributed by atoms with Crippen LogP contribution in [0.3, 0.4) is 0 Å². The van der Waals surface area contributed by atoms with Gasteiger partial charge in [-0.2, -0.15) is 0 Å². The van der Waals surface area contributed by atoms with Crippen LogP contribution in [0.4, 0.5) is 0 Å². The minimum atomic E-state index is -1.16. The summed E-state index contributed by atoms with van der Waals surface area (Å²) < 4.78 is 0. The smallest absolute Gasteiger partial charge is 0.253 e.